The van der Waals surface area contributed by atoms with Gasteiger partial charge in [-0.05, 0) is 12.3 Å². The van der Waals surface area contributed by atoms with E-state index in [9.17, 15) is 0 Å². The third kappa shape index (κ3) is 3.08. The number of nitrogens with one attached hydrogen (secondary N) is 2. The van der Waals surface area contributed by atoms with Crippen LogP contribution in [0.2, 0.25) is 0 Å². The molecule has 1 aromatic rings. The van der Waals surface area contributed by atoms with Crippen LogP contribution in [0.4, 0.5) is 5.95 Å². The summed E-state index contributed by atoms with van der Waals surface area (Å²) >= 11 is 0. The molecule has 0 saturated carbocycles. The summed E-state index contributed by atoms with van der Waals surface area (Å²) < 4.78 is 5.02. The average molecular weight is 180 g/mol. The van der Waals surface area contributed by atoms with Gasteiger partial charge in [-0.2, -0.15) is 0 Å². The number of rotatable bonds is 5. The quantitative estimate of drug-likeness (QED) is 0.648. The number of nitrogens with zero attached hydrogens (tertiary/aromatic N) is 2. The molecular formula is C8H12N4O. The Morgan fingerprint density at radius 2 is 2.23 bits per heavy atom. The summed E-state index contributed by atoms with van der Waals surface area (Å²) in [4.78, 5) is 7.94. The lowest BCUT2D eigenvalue weighted by Crippen LogP contribution is -2.34. The van der Waals surface area contributed by atoms with Gasteiger partial charge in [-0.3, -0.25) is 0 Å². The Kier molecular flexibility index (Phi) is 3.72. The van der Waals surface area contributed by atoms with E-state index in [-0.39, 0.29) is 6.35 Å². The maximum Gasteiger partial charge on any atom is 0.226 e. The highest BCUT2D eigenvalue weighted by Crippen LogP contribution is 1.96. The number of methoxy groups -OCH3 is 1. The van der Waals surface area contributed by atoms with Gasteiger partial charge >= 0.3 is 0 Å². The topological polar surface area (TPSA) is 59.1 Å². The third-order valence-electron chi connectivity index (χ3n) is 1.33. The fraction of sp³-hybridized carbons (Fsp3) is 0.250. The summed E-state index contributed by atoms with van der Waals surface area (Å²) in [5.41, 5.74) is 0. The van der Waals surface area contributed by atoms with Gasteiger partial charge in [0.1, 0.15) is 0 Å². The summed E-state index contributed by atoms with van der Waals surface area (Å²) in [5, 5.41) is 5.73. The highest BCUT2D eigenvalue weighted by atomic mass is 16.5. The molecule has 0 bridgehead atoms. The maximum absolute atomic E-state index is 5.02. The molecule has 0 aliphatic heterocycles. The van der Waals surface area contributed by atoms with Crippen LogP contribution in [0.25, 0.3) is 0 Å². The zero-order valence-electron chi connectivity index (χ0n) is 7.40. The van der Waals surface area contributed by atoms with Crippen molar-refractivity contribution < 1.29 is 4.74 Å². The van der Waals surface area contributed by atoms with Gasteiger partial charge in [0.15, 0.2) is 0 Å². The normalized spacial score (nSPS) is 11.8. The van der Waals surface area contributed by atoms with E-state index in [2.05, 4.69) is 27.2 Å². The van der Waals surface area contributed by atoms with E-state index in [4.69, 9.17) is 4.74 Å². The van der Waals surface area contributed by atoms with E-state index in [0.717, 1.165) is 0 Å². The van der Waals surface area contributed by atoms with E-state index < -0.39 is 0 Å². The zero-order valence-corrected chi connectivity index (χ0v) is 7.40. The Morgan fingerprint density at radius 3 is 2.77 bits per heavy atom. The predicted octanol–water partition coefficient (Wildman–Crippen LogP) is 0.552. The van der Waals surface area contributed by atoms with Gasteiger partial charge in [0.05, 0.1) is 0 Å². The summed E-state index contributed by atoms with van der Waals surface area (Å²) in [6.07, 6.45) is 4.47. The van der Waals surface area contributed by atoms with Crippen molar-refractivity contribution in [2.24, 2.45) is 0 Å². The largest absolute Gasteiger partial charge is 0.350 e. The molecule has 0 saturated heterocycles. The summed E-state index contributed by atoms with van der Waals surface area (Å²) in [6.45, 7) is 3.52. The fourth-order valence-electron chi connectivity index (χ4n) is 0.767. The Morgan fingerprint density at radius 1 is 1.54 bits per heavy atom. The molecule has 1 heterocycles. The van der Waals surface area contributed by atoms with E-state index in [1.165, 1.54) is 6.20 Å². The highest BCUT2D eigenvalue weighted by molar-refractivity contribution is 5.22. The Balaban J connectivity index is 2.51. The van der Waals surface area contributed by atoms with E-state index in [1.807, 2.05) is 0 Å². The monoisotopic (exact) mass is 180 g/mol. The summed E-state index contributed by atoms with van der Waals surface area (Å²) in [7, 11) is 1.57. The van der Waals surface area contributed by atoms with Crippen molar-refractivity contribution in [3.63, 3.8) is 0 Å². The first-order valence-corrected chi connectivity index (χ1v) is 3.80. The Labute approximate surface area is 76.9 Å². The van der Waals surface area contributed by atoms with E-state index >= 15 is 0 Å². The maximum atomic E-state index is 5.02. The molecule has 5 heteroatoms. The average Bonchev–Trinajstić information content (AvgIpc) is 2.19. The number of hydrogen-bond acceptors (Lipinski definition) is 5. The van der Waals surface area contributed by atoms with Crippen molar-refractivity contribution in [1.29, 1.82) is 0 Å². The van der Waals surface area contributed by atoms with Crippen LogP contribution < -0.4 is 10.6 Å². The summed E-state index contributed by atoms with van der Waals surface area (Å²) in [6, 6.07) is 1.74. The number of aromatic nitrogens is 2. The van der Waals surface area contributed by atoms with Crippen molar-refractivity contribution in [2.45, 2.75) is 6.35 Å². The van der Waals surface area contributed by atoms with Crippen LogP contribution in [0, 0.1) is 0 Å². The molecule has 0 fully saturated rings. The molecule has 1 unspecified atom stereocenters. The van der Waals surface area contributed by atoms with Crippen LogP contribution >= 0.6 is 0 Å². The lowest BCUT2D eigenvalue weighted by atomic mass is 10.7. The SMILES string of the molecule is C=CNC(Nc1ncccn1)OC. The molecule has 1 aromatic heterocycles. The van der Waals surface area contributed by atoms with Crippen LogP contribution in [0.15, 0.2) is 31.2 Å². The first-order valence-electron chi connectivity index (χ1n) is 3.80. The minimum Gasteiger partial charge on any atom is -0.350 e. The van der Waals surface area contributed by atoms with Gasteiger partial charge in [0.25, 0.3) is 0 Å². The number of hydrogen-bond donors (Lipinski definition) is 2. The van der Waals surface area contributed by atoms with Crippen molar-refractivity contribution in [2.75, 3.05) is 12.4 Å². The number of ether oxygens (including phenoxy) is 1. The van der Waals surface area contributed by atoms with Gasteiger partial charge in [-0.1, -0.05) is 6.58 Å². The second-order valence-electron chi connectivity index (χ2n) is 2.20. The molecule has 13 heavy (non-hydrogen) atoms. The van der Waals surface area contributed by atoms with Crippen LogP contribution in [-0.4, -0.2) is 23.4 Å². The molecule has 1 atom stereocenters. The van der Waals surface area contributed by atoms with Crippen molar-refractivity contribution >= 4 is 5.95 Å². The molecule has 70 valence electrons. The van der Waals surface area contributed by atoms with Crippen LogP contribution in [-0.2, 0) is 4.74 Å². The van der Waals surface area contributed by atoms with Crippen LogP contribution in [0.1, 0.15) is 0 Å². The highest BCUT2D eigenvalue weighted by Gasteiger charge is 2.03. The van der Waals surface area contributed by atoms with Crippen LogP contribution in [0.5, 0.6) is 0 Å². The minimum atomic E-state index is -0.361. The molecule has 0 aromatic carbocycles. The summed E-state index contributed by atoms with van der Waals surface area (Å²) in [5.74, 6) is 0.503. The van der Waals surface area contributed by atoms with Gasteiger partial charge in [0, 0.05) is 19.5 Å². The van der Waals surface area contributed by atoms with Crippen molar-refractivity contribution in [1.82, 2.24) is 15.3 Å². The predicted molar refractivity (Wildman–Crippen MR) is 49.8 cm³/mol. The van der Waals surface area contributed by atoms with Gasteiger partial charge < -0.3 is 15.4 Å². The molecule has 5 nitrogen and oxygen atoms in total. The fourth-order valence-corrected chi connectivity index (χ4v) is 0.767. The standard InChI is InChI=1S/C8H12N4O/c1-3-9-8(13-2)12-7-10-5-4-6-11-7/h3-6,8-9H,1H2,2H3,(H,10,11,12). The van der Waals surface area contributed by atoms with Gasteiger partial charge in [-0.15, -0.1) is 0 Å². The molecule has 0 spiro atoms. The molecule has 0 aliphatic rings. The van der Waals surface area contributed by atoms with Crippen molar-refractivity contribution in [3.05, 3.63) is 31.2 Å². The lowest BCUT2D eigenvalue weighted by Gasteiger charge is -2.16. The number of anilines is 1. The molecule has 1 rings (SSSR count). The molecule has 0 radical (unpaired) electrons. The first-order chi connectivity index (χ1) is 6.36. The van der Waals surface area contributed by atoms with E-state index in [0.29, 0.717) is 5.95 Å². The van der Waals surface area contributed by atoms with Crippen LogP contribution in [0.3, 0.4) is 0 Å². The molecular weight excluding hydrogens is 168 g/mol. The van der Waals surface area contributed by atoms with Gasteiger partial charge in [-0.25, -0.2) is 9.97 Å². The van der Waals surface area contributed by atoms with Crippen molar-refractivity contribution in [3.8, 4) is 0 Å². The lowest BCUT2D eigenvalue weighted by molar-refractivity contribution is 0.108. The second kappa shape index (κ2) is 5.10. The molecule has 2 N–H and O–H groups in total. The zero-order chi connectivity index (χ0) is 9.52. The third-order valence-corrected chi connectivity index (χ3v) is 1.33. The molecule has 0 aliphatic carbocycles. The Hall–Kier alpha value is -1.62. The minimum absolute atomic E-state index is 0.361. The smallest absolute Gasteiger partial charge is 0.226 e. The molecule has 0 amide bonds. The van der Waals surface area contributed by atoms with Gasteiger partial charge in [0.2, 0.25) is 12.3 Å². The first kappa shape index (κ1) is 9.47. The van der Waals surface area contributed by atoms with E-state index in [1.54, 1.807) is 25.6 Å². The second-order valence-corrected chi connectivity index (χ2v) is 2.20. The Bertz CT molecular complexity index is 252.